The van der Waals surface area contributed by atoms with E-state index >= 15 is 0 Å². The van der Waals surface area contributed by atoms with Crippen molar-refractivity contribution < 1.29 is 52.8 Å². The maximum Gasteiger partial charge on any atom is 0.341 e. The van der Waals surface area contributed by atoms with E-state index in [0.717, 1.165) is 0 Å². The number of rotatable bonds is 15. The third-order valence-corrected chi connectivity index (χ3v) is 5.34. The number of hydrogen-bond donors (Lipinski definition) is 3. The molecule has 13 heteroatoms. The number of carboxylic acids is 1. The fourth-order valence-electron chi connectivity index (χ4n) is 3.59. The first-order valence-corrected chi connectivity index (χ1v) is 12.3. The molecule has 2 rings (SSSR count). The molecule has 2 aromatic rings. The number of carbonyl (C=O) groups is 5. The normalized spacial score (nSPS) is 10.4. The zero-order valence-electron chi connectivity index (χ0n) is 22.6. The van der Waals surface area contributed by atoms with Crippen LogP contribution >= 0.6 is 0 Å². The van der Waals surface area contributed by atoms with E-state index in [1.165, 1.54) is 50.6 Å². The summed E-state index contributed by atoms with van der Waals surface area (Å²) in [5.74, 6) is -3.85. The fraction of sp³-hybridized carbons (Fsp3) is 0.370. The van der Waals surface area contributed by atoms with Gasteiger partial charge in [-0.25, -0.2) is 14.4 Å². The summed E-state index contributed by atoms with van der Waals surface area (Å²) in [7, 11) is 2.60. The summed E-state index contributed by atoms with van der Waals surface area (Å²) in [6.07, 6.45) is -0.970. The molecule has 216 valence electrons. The van der Waals surface area contributed by atoms with Crippen molar-refractivity contribution in [3.05, 3.63) is 58.7 Å². The lowest BCUT2D eigenvalue weighted by molar-refractivity contribution is -0.144. The van der Waals surface area contributed by atoms with E-state index in [0.29, 0.717) is 0 Å². The average molecular weight is 561 g/mol. The molecule has 0 radical (unpaired) electrons. The molecule has 0 saturated carbocycles. The zero-order chi connectivity index (χ0) is 29.7. The molecular formula is C27H32N2O11. The highest BCUT2D eigenvalue weighted by Gasteiger charge is 2.24. The smallest absolute Gasteiger partial charge is 0.341 e. The van der Waals surface area contributed by atoms with Gasteiger partial charge >= 0.3 is 17.9 Å². The number of hydrogen-bond acceptors (Lipinski definition) is 10. The highest BCUT2D eigenvalue weighted by atomic mass is 16.5. The van der Waals surface area contributed by atoms with E-state index in [4.69, 9.17) is 28.8 Å². The van der Waals surface area contributed by atoms with Crippen LogP contribution in [0.25, 0.3) is 0 Å². The zero-order valence-corrected chi connectivity index (χ0v) is 22.6. The average Bonchev–Trinajstić information content (AvgIpc) is 2.95. The lowest BCUT2D eigenvalue weighted by Gasteiger charge is -2.20. The molecule has 0 aliphatic rings. The largest absolute Gasteiger partial charge is 0.495 e. The van der Waals surface area contributed by atoms with Gasteiger partial charge in [0.25, 0.3) is 11.8 Å². The topological polar surface area (TPSA) is 176 Å². The Morgan fingerprint density at radius 1 is 0.725 bits per heavy atom. The van der Waals surface area contributed by atoms with Gasteiger partial charge in [0.15, 0.2) is 0 Å². The van der Waals surface area contributed by atoms with Crippen LogP contribution < -0.4 is 20.1 Å². The quantitative estimate of drug-likeness (QED) is 0.270. The monoisotopic (exact) mass is 560 g/mol. The van der Waals surface area contributed by atoms with Crippen LogP contribution in [0.2, 0.25) is 0 Å². The van der Waals surface area contributed by atoms with Gasteiger partial charge in [-0.2, -0.15) is 0 Å². The lowest BCUT2D eigenvalue weighted by Crippen LogP contribution is -2.42. The summed E-state index contributed by atoms with van der Waals surface area (Å²) in [6, 6.07) is 8.75. The first kappa shape index (κ1) is 31.6. The van der Waals surface area contributed by atoms with E-state index < -0.39 is 42.4 Å². The molecule has 2 amide bonds. The first-order chi connectivity index (χ1) is 19.2. The number of aliphatic carboxylic acids is 1. The Balaban J connectivity index is 2.17. The molecule has 0 bridgehead atoms. The molecule has 0 fully saturated rings. The predicted molar refractivity (Wildman–Crippen MR) is 140 cm³/mol. The van der Waals surface area contributed by atoms with E-state index in [2.05, 4.69) is 10.6 Å². The third-order valence-electron chi connectivity index (χ3n) is 5.34. The van der Waals surface area contributed by atoms with Crippen LogP contribution in [0, 0.1) is 0 Å². The van der Waals surface area contributed by atoms with Crippen molar-refractivity contribution in [1.29, 1.82) is 0 Å². The molecule has 0 atom stereocenters. The van der Waals surface area contributed by atoms with Gasteiger partial charge in [0.2, 0.25) is 0 Å². The van der Waals surface area contributed by atoms with E-state index in [9.17, 15) is 24.0 Å². The minimum absolute atomic E-state index is 0.00309. The van der Waals surface area contributed by atoms with Crippen LogP contribution in [0.15, 0.2) is 36.4 Å². The second kappa shape index (κ2) is 15.7. The Labute approximate surface area is 230 Å². The van der Waals surface area contributed by atoms with Gasteiger partial charge < -0.3 is 39.4 Å². The number of para-hydroxylation sites is 2. The second-order valence-electron chi connectivity index (χ2n) is 7.96. The van der Waals surface area contributed by atoms with Gasteiger partial charge in [0.1, 0.15) is 29.2 Å². The molecule has 0 aliphatic carbocycles. The number of amides is 2. The van der Waals surface area contributed by atoms with Gasteiger partial charge in [-0.15, -0.1) is 0 Å². The van der Waals surface area contributed by atoms with Crippen molar-refractivity contribution in [3.8, 4) is 11.5 Å². The number of benzene rings is 2. The summed E-state index contributed by atoms with van der Waals surface area (Å²) in [5.41, 5.74) is 0.188. The van der Waals surface area contributed by atoms with Crippen molar-refractivity contribution in [3.63, 3.8) is 0 Å². The molecule has 0 spiro atoms. The third kappa shape index (κ3) is 8.43. The minimum Gasteiger partial charge on any atom is -0.495 e. The molecule has 0 aliphatic heterocycles. The van der Waals surface area contributed by atoms with Gasteiger partial charge in [0.05, 0.1) is 44.7 Å². The fourth-order valence-corrected chi connectivity index (χ4v) is 3.59. The van der Waals surface area contributed by atoms with Crippen LogP contribution in [-0.4, -0.2) is 88.1 Å². The second-order valence-corrected chi connectivity index (χ2v) is 7.96. The van der Waals surface area contributed by atoms with Crippen LogP contribution in [0.5, 0.6) is 11.5 Å². The Morgan fingerprint density at radius 2 is 1.12 bits per heavy atom. The minimum atomic E-state index is -1.25. The first-order valence-electron chi connectivity index (χ1n) is 12.3. The highest BCUT2D eigenvalue weighted by Crippen LogP contribution is 2.26. The molecule has 13 nitrogen and oxygen atoms in total. The van der Waals surface area contributed by atoms with Gasteiger partial charge in [-0.3, -0.25) is 9.59 Å². The van der Waals surface area contributed by atoms with Crippen molar-refractivity contribution in [2.24, 2.45) is 0 Å². The summed E-state index contributed by atoms with van der Waals surface area (Å²) >= 11 is 0. The molecule has 3 N–H and O–H groups in total. The predicted octanol–water partition coefficient (Wildman–Crippen LogP) is 1.69. The molecule has 2 aromatic carbocycles. The van der Waals surface area contributed by atoms with Crippen molar-refractivity contribution in [2.75, 3.05) is 47.1 Å². The summed E-state index contributed by atoms with van der Waals surface area (Å²) in [6.45, 7) is 2.43. The SMILES string of the molecule is CCOC(=O)c1cccc(C(=O)NCC(CNC(=O)c2cccc(C(=O)OCC)c2OC)OCC(=O)O)c1OC. The molecule has 0 aromatic heterocycles. The molecular weight excluding hydrogens is 528 g/mol. The van der Waals surface area contributed by atoms with Crippen LogP contribution in [0.1, 0.15) is 55.3 Å². The summed E-state index contributed by atoms with van der Waals surface area (Å²) in [5, 5.41) is 14.2. The maximum absolute atomic E-state index is 12.9. The number of carbonyl (C=O) groups excluding carboxylic acids is 4. The Morgan fingerprint density at radius 3 is 1.48 bits per heavy atom. The number of ether oxygens (including phenoxy) is 5. The Bertz CT molecular complexity index is 1140. The number of nitrogens with one attached hydrogen (secondary N) is 2. The van der Waals surface area contributed by atoms with Gasteiger partial charge in [-0.1, -0.05) is 12.1 Å². The maximum atomic E-state index is 12.9. The number of carboxylic acid groups (broad SMARTS) is 1. The van der Waals surface area contributed by atoms with E-state index in [1.807, 2.05) is 0 Å². The highest BCUT2D eigenvalue weighted by molar-refractivity contribution is 6.03. The van der Waals surface area contributed by atoms with Crippen molar-refractivity contribution >= 4 is 29.7 Å². The van der Waals surface area contributed by atoms with Gasteiger partial charge in [-0.05, 0) is 38.1 Å². The lowest BCUT2D eigenvalue weighted by atomic mass is 10.1. The Hall–Kier alpha value is -4.65. The van der Waals surface area contributed by atoms with Crippen molar-refractivity contribution in [1.82, 2.24) is 10.6 Å². The van der Waals surface area contributed by atoms with E-state index in [1.54, 1.807) is 13.8 Å². The van der Waals surface area contributed by atoms with Crippen LogP contribution in [0.4, 0.5) is 0 Å². The number of esters is 2. The molecule has 0 unspecified atom stereocenters. The van der Waals surface area contributed by atoms with Gasteiger partial charge in [0, 0.05) is 13.1 Å². The molecule has 0 heterocycles. The van der Waals surface area contributed by atoms with E-state index in [-0.39, 0.29) is 60.1 Å². The Kier molecular flexibility index (Phi) is 12.4. The number of methoxy groups -OCH3 is 2. The standard InChI is InChI=1S/C27H32N2O11/c1-5-38-26(34)19-11-7-9-17(22(19)36-3)24(32)28-13-16(40-15-21(30)31)14-29-25(33)18-10-8-12-20(23(18)37-4)27(35)39-6-2/h7-12,16H,5-6,13-15H2,1-4H3,(H,28,32)(H,29,33)(H,30,31). The molecule has 40 heavy (non-hydrogen) atoms. The molecule has 0 saturated heterocycles. The summed E-state index contributed by atoms with van der Waals surface area (Å²) in [4.78, 5) is 61.4. The van der Waals surface area contributed by atoms with Crippen LogP contribution in [-0.2, 0) is 19.0 Å². The van der Waals surface area contributed by atoms with Crippen LogP contribution in [0.3, 0.4) is 0 Å². The summed E-state index contributed by atoms with van der Waals surface area (Å²) < 4.78 is 25.9. The van der Waals surface area contributed by atoms with Crippen molar-refractivity contribution in [2.45, 2.75) is 20.0 Å².